The number of nitrogens with zero attached hydrogens (tertiary/aromatic N) is 2. The van der Waals surface area contributed by atoms with E-state index in [4.69, 9.17) is 0 Å². The number of anilines is 2. The fraction of sp³-hybridized carbons (Fsp3) is 0.294. The highest BCUT2D eigenvalue weighted by Crippen LogP contribution is 2.26. The second kappa shape index (κ2) is 6.39. The highest BCUT2D eigenvalue weighted by Gasteiger charge is 2.08. The number of hydrogen-bond donors (Lipinski definition) is 2. The number of hydrogen-bond acceptors (Lipinski definition) is 3. The molecule has 1 aromatic carbocycles. The zero-order valence-corrected chi connectivity index (χ0v) is 13.3. The van der Waals surface area contributed by atoms with Crippen molar-refractivity contribution in [1.82, 2.24) is 15.2 Å². The molecule has 0 bridgehead atoms. The summed E-state index contributed by atoms with van der Waals surface area (Å²) >= 11 is 0. The van der Waals surface area contributed by atoms with Gasteiger partial charge < -0.3 is 5.32 Å². The Hall–Kier alpha value is -2.36. The van der Waals surface area contributed by atoms with Crippen LogP contribution in [0.2, 0.25) is 0 Å². The number of pyridine rings is 1. The number of aromatic amines is 1. The molecule has 0 saturated heterocycles. The lowest BCUT2D eigenvalue weighted by atomic mass is 10.1. The van der Waals surface area contributed by atoms with E-state index in [-0.39, 0.29) is 0 Å². The van der Waals surface area contributed by atoms with Gasteiger partial charge in [0.25, 0.3) is 0 Å². The van der Waals surface area contributed by atoms with Crippen LogP contribution in [0.5, 0.6) is 0 Å². The van der Waals surface area contributed by atoms with Crippen molar-refractivity contribution in [2.75, 3.05) is 5.32 Å². The highest BCUT2D eigenvalue weighted by atomic mass is 15.2. The van der Waals surface area contributed by atoms with Crippen LogP contribution in [-0.4, -0.2) is 15.2 Å². The molecule has 0 spiro atoms. The number of rotatable bonds is 2. The largest absolute Gasteiger partial charge is 0.338 e. The molecule has 0 aliphatic rings. The summed E-state index contributed by atoms with van der Waals surface area (Å²) in [5.41, 5.74) is 5.46. The zero-order valence-electron chi connectivity index (χ0n) is 13.3. The van der Waals surface area contributed by atoms with Crippen molar-refractivity contribution in [1.29, 1.82) is 0 Å². The van der Waals surface area contributed by atoms with Gasteiger partial charge in [0.15, 0.2) is 5.82 Å². The van der Waals surface area contributed by atoms with Crippen LogP contribution >= 0.6 is 0 Å². The van der Waals surface area contributed by atoms with E-state index in [1.54, 1.807) is 0 Å². The molecule has 110 valence electrons. The van der Waals surface area contributed by atoms with Crippen LogP contribution in [0.1, 0.15) is 30.7 Å². The first-order valence-corrected chi connectivity index (χ1v) is 7.29. The Morgan fingerprint density at radius 2 is 1.81 bits per heavy atom. The fourth-order valence-corrected chi connectivity index (χ4v) is 2.10. The summed E-state index contributed by atoms with van der Waals surface area (Å²) in [6.45, 7) is 10.2. The van der Waals surface area contributed by atoms with Crippen LogP contribution in [0, 0.1) is 20.8 Å². The lowest BCUT2D eigenvalue weighted by molar-refractivity contribution is 1.05. The third-order valence-electron chi connectivity index (χ3n) is 3.40. The molecule has 3 aromatic rings. The second-order valence-corrected chi connectivity index (χ2v) is 4.83. The summed E-state index contributed by atoms with van der Waals surface area (Å²) in [5, 5.41) is 11.8. The standard InChI is InChI=1S/C15H16N4.C2H6/c1-9-4-5-13-12(8-9)14(6-7-16-13)17-15-10(2)11(3)18-19-15;1-2/h4-8H,1-3H3,(H2,16,17,18,19);1-2H3. The quantitative estimate of drug-likeness (QED) is 0.719. The van der Waals surface area contributed by atoms with E-state index >= 15 is 0 Å². The molecular formula is C17H22N4. The summed E-state index contributed by atoms with van der Waals surface area (Å²) in [4.78, 5) is 4.38. The maximum Gasteiger partial charge on any atom is 0.155 e. The molecular weight excluding hydrogens is 260 g/mol. The number of aryl methyl sites for hydroxylation is 2. The lowest BCUT2D eigenvalue weighted by Crippen LogP contribution is -1.95. The average Bonchev–Trinajstić information content (AvgIpc) is 2.82. The van der Waals surface area contributed by atoms with Gasteiger partial charge >= 0.3 is 0 Å². The maximum atomic E-state index is 4.38. The number of fused-ring (bicyclic) bond motifs is 1. The van der Waals surface area contributed by atoms with Crippen molar-refractivity contribution < 1.29 is 0 Å². The fourth-order valence-electron chi connectivity index (χ4n) is 2.10. The smallest absolute Gasteiger partial charge is 0.155 e. The van der Waals surface area contributed by atoms with Crippen molar-refractivity contribution in [3.8, 4) is 0 Å². The minimum atomic E-state index is 0.867. The highest BCUT2D eigenvalue weighted by molar-refractivity contribution is 5.93. The predicted molar refractivity (Wildman–Crippen MR) is 89.2 cm³/mol. The van der Waals surface area contributed by atoms with Crippen LogP contribution in [0.25, 0.3) is 10.9 Å². The molecule has 0 aliphatic carbocycles. The van der Waals surface area contributed by atoms with E-state index < -0.39 is 0 Å². The van der Waals surface area contributed by atoms with Gasteiger partial charge in [-0.05, 0) is 39.0 Å². The van der Waals surface area contributed by atoms with Gasteiger partial charge in [-0.3, -0.25) is 10.1 Å². The Labute approximate surface area is 125 Å². The minimum absolute atomic E-state index is 0.867. The van der Waals surface area contributed by atoms with Gasteiger partial charge in [0.05, 0.1) is 11.2 Å². The topological polar surface area (TPSA) is 53.6 Å². The first-order chi connectivity index (χ1) is 10.1. The summed E-state index contributed by atoms with van der Waals surface area (Å²) < 4.78 is 0. The van der Waals surface area contributed by atoms with Crippen molar-refractivity contribution in [3.63, 3.8) is 0 Å². The van der Waals surface area contributed by atoms with Crippen molar-refractivity contribution in [2.24, 2.45) is 0 Å². The second-order valence-electron chi connectivity index (χ2n) is 4.83. The molecule has 2 aromatic heterocycles. The van der Waals surface area contributed by atoms with Gasteiger partial charge in [0.2, 0.25) is 0 Å². The summed E-state index contributed by atoms with van der Waals surface area (Å²) in [5.74, 6) is 0.867. The molecule has 0 amide bonds. The van der Waals surface area contributed by atoms with E-state index in [0.717, 1.165) is 33.7 Å². The van der Waals surface area contributed by atoms with E-state index in [1.807, 2.05) is 39.1 Å². The Morgan fingerprint density at radius 1 is 1.05 bits per heavy atom. The Balaban J connectivity index is 0.000000774. The van der Waals surface area contributed by atoms with Crippen molar-refractivity contribution in [3.05, 3.63) is 47.3 Å². The van der Waals surface area contributed by atoms with Crippen molar-refractivity contribution >= 4 is 22.4 Å². The Morgan fingerprint density at radius 3 is 2.48 bits per heavy atom. The summed E-state index contributed by atoms with van der Waals surface area (Å²) in [7, 11) is 0. The molecule has 4 nitrogen and oxygen atoms in total. The molecule has 2 N–H and O–H groups in total. The summed E-state index contributed by atoms with van der Waals surface area (Å²) in [6, 6.07) is 8.23. The number of aromatic nitrogens is 3. The molecule has 0 aliphatic heterocycles. The van der Waals surface area contributed by atoms with E-state index in [0.29, 0.717) is 0 Å². The SMILES string of the molecule is CC.Cc1ccc2nccc(Nc3n[nH]c(C)c3C)c2c1. The van der Waals surface area contributed by atoms with Crippen LogP contribution < -0.4 is 5.32 Å². The molecule has 0 fully saturated rings. The molecule has 3 rings (SSSR count). The van der Waals surface area contributed by atoms with Gasteiger partial charge in [-0.25, -0.2) is 0 Å². The first kappa shape index (κ1) is 15.0. The van der Waals surface area contributed by atoms with Gasteiger partial charge in [0, 0.05) is 22.8 Å². The Bertz CT molecular complexity index is 744. The lowest BCUT2D eigenvalue weighted by Gasteiger charge is -2.08. The van der Waals surface area contributed by atoms with Gasteiger partial charge in [-0.15, -0.1) is 0 Å². The van der Waals surface area contributed by atoms with Crippen molar-refractivity contribution in [2.45, 2.75) is 34.6 Å². The molecule has 2 heterocycles. The molecule has 0 atom stereocenters. The number of benzene rings is 1. The molecule has 21 heavy (non-hydrogen) atoms. The van der Waals surface area contributed by atoms with Gasteiger partial charge in [-0.2, -0.15) is 5.10 Å². The average molecular weight is 282 g/mol. The molecule has 0 unspecified atom stereocenters. The van der Waals surface area contributed by atoms with Gasteiger partial charge in [-0.1, -0.05) is 25.5 Å². The third kappa shape index (κ3) is 3.05. The summed E-state index contributed by atoms with van der Waals surface area (Å²) in [6.07, 6.45) is 1.81. The number of nitrogens with one attached hydrogen (secondary N) is 2. The van der Waals surface area contributed by atoms with E-state index in [9.17, 15) is 0 Å². The molecule has 0 saturated carbocycles. The minimum Gasteiger partial charge on any atom is -0.338 e. The number of H-pyrrole nitrogens is 1. The first-order valence-electron chi connectivity index (χ1n) is 7.29. The monoisotopic (exact) mass is 282 g/mol. The van der Waals surface area contributed by atoms with Crippen LogP contribution in [0.3, 0.4) is 0 Å². The molecule has 4 heteroatoms. The van der Waals surface area contributed by atoms with E-state index in [2.05, 4.69) is 46.5 Å². The van der Waals surface area contributed by atoms with E-state index in [1.165, 1.54) is 5.56 Å². The van der Waals surface area contributed by atoms with Gasteiger partial charge in [0.1, 0.15) is 0 Å². The predicted octanol–water partition coefficient (Wildman–Crippen LogP) is 4.65. The maximum absolute atomic E-state index is 4.38. The van der Waals surface area contributed by atoms with Crippen LogP contribution in [-0.2, 0) is 0 Å². The zero-order chi connectivity index (χ0) is 15.4. The Kier molecular flexibility index (Phi) is 4.58. The normalized spacial score (nSPS) is 10.1. The third-order valence-corrected chi connectivity index (χ3v) is 3.40. The molecule has 0 radical (unpaired) electrons. The van der Waals surface area contributed by atoms with Crippen LogP contribution in [0.15, 0.2) is 30.5 Å². The van der Waals surface area contributed by atoms with Crippen LogP contribution in [0.4, 0.5) is 11.5 Å².